The Labute approximate surface area is 133 Å². The van der Waals surface area contributed by atoms with E-state index in [1.54, 1.807) is 11.3 Å². The van der Waals surface area contributed by atoms with Crippen LogP contribution in [0.3, 0.4) is 0 Å². The molecule has 0 spiro atoms. The molecule has 4 heteroatoms. The van der Waals surface area contributed by atoms with Crippen molar-refractivity contribution in [3.8, 4) is 5.75 Å². The molecule has 0 aliphatic carbocycles. The Hall–Kier alpha value is -2.33. The molecule has 0 fully saturated rings. The fraction of sp³-hybridized carbons (Fsp3) is 0.167. The molecule has 0 bridgehead atoms. The molecule has 0 aliphatic rings. The molecule has 1 heterocycles. The maximum atomic E-state index is 11.8. The molecule has 0 radical (unpaired) electrons. The third-order valence-corrected chi connectivity index (χ3v) is 4.22. The monoisotopic (exact) mass is 311 g/mol. The van der Waals surface area contributed by atoms with Crippen LogP contribution in [0.5, 0.6) is 5.75 Å². The van der Waals surface area contributed by atoms with Crippen molar-refractivity contribution in [1.82, 2.24) is 5.32 Å². The smallest absolute Gasteiger partial charge is 0.225 e. The summed E-state index contributed by atoms with van der Waals surface area (Å²) in [5.74, 6) is 0.884. The molecule has 3 nitrogen and oxygen atoms in total. The predicted octanol–water partition coefficient (Wildman–Crippen LogP) is 3.64. The number of ether oxygens (including phenoxy) is 1. The standard InChI is InChI=1S/C18H17NO2S/c20-18(13-15-7-4-12-22-15)19-10-11-21-17-9-3-6-14-5-1-2-8-16(14)17/h1-9,12H,10-11,13H2,(H,19,20). The summed E-state index contributed by atoms with van der Waals surface area (Å²) >= 11 is 1.60. The molecule has 0 atom stereocenters. The highest BCUT2D eigenvalue weighted by molar-refractivity contribution is 7.10. The van der Waals surface area contributed by atoms with E-state index in [1.165, 1.54) is 0 Å². The number of carbonyl (C=O) groups excluding carboxylic acids is 1. The van der Waals surface area contributed by atoms with Crippen LogP contribution in [0.15, 0.2) is 60.0 Å². The average molecular weight is 311 g/mol. The van der Waals surface area contributed by atoms with Crippen molar-refractivity contribution >= 4 is 28.0 Å². The van der Waals surface area contributed by atoms with Gasteiger partial charge in [-0.15, -0.1) is 11.3 Å². The lowest BCUT2D eigenvalue weighted by molar-refractivity contribution is -0.120. The SMILES string of the molecule is O=C(Cc1cccs1)NCCOc1cccc2ccccc12. The minimum Gasteiger partial charge on any atom is -0.491 e. The Morgan fingerprint density at radius 1 is 1.05 bits per heavy atom. The Bertz CT molecular complexity index is 747. The van der Waals surface area contributed by atoms with Gasteiger partial charge in [-0.1, -0.05) is 42.5 Å². The first kappa shape index (κ1) is 14.6. The number of thiophene rings is 1. The van der Waals surface area contributed by atoms with Crippen molar-refractivity contribution in [2.24, 2.45) is 0 Å². The molecule has 112 valence electrons. The van der Waals surface area contributed by atoms with Crippen LogP contribution in [0.2, 0.25) is 0 Å². The van der Waals surface area contributed by atoms with Gasteiger partial charge < -0.3 is 10.1 Å². The molecule has 22 heavy (non-hydrogen) atoms. The van der Waals surface area contributed by atoms with Crippen LogP contribution < -0.4 is 10.1 Å². The number of nitrogens with one attached hydrogen (secondary N) is 1. The molecule has 3 aromatic rings. The van der Waals surface area contributed by atoms with E-state index in [0.717, 1.165) is 21.4 Å². The van der Waals surface area contributed by atoms with Gasteiger partial charge in [-0.25, -0.2) is 0 Å². The van der Waals surface area contributed by atoms with E-state index in [-0.39, 0.29) is 5.91 Å². The van der Waals surface area contributed by atoms with Gasteiger partial charge >= 0.3 is 0 Å². The zero-order valence-electron chi connectivity index (χ0n) is 12.1. The Balaban J connectivity index is 1.49. The number of fused-ring (bicyclic) bond motifs is 1. The van der Waals surface area contributed by atoms with Gasteiger partial charge in [0.2, 0.25) is 5.91 Å². The molecule has 0 saturated carbocycles. The zero-order valence-corrected chi connectivity index (χ0v) is 12.9. The number of hydrogen-bond acceptors (Lipinski definition) is 3. The van der Waals surface area contributed by atoms with Crippen molar-refractivity contribution in [3.05, 3.63) is 64.9 Å². The molecular weight excluding hydrogens is 294 g/mol. The molecule has 0 unspecified atom stereocenters. The van der Waals surface area contributed by atoms with Crippen LogP contribution in [0.25, 0.3) is 10.8 Å². The summed E-state index contributed by atoms with van der Waals surface area (Å²) in [7, 11) is 0. The van der Waals surface area contributed by atoms with Gasteiger partial charge in [0.05, 0.1) is 13.0 Å². The van der Waals surface area contributed by atoms with Gasteiger partial charge in [-0.05, 0) is 22.9 Å². The van der Waals surface area contributed by atoms with Crippen LogP contribution in [0.1, 0.15) is 4.88 Å². The summed E-state index contributed by atoms with van der Waals surface area (Å²) in [6, 6.07) is 18.0. The van der Waals surface area contributed by atoms with Gasteiger partial charge in [0.1, 0.15) is 12.4 Å². The highest BCUT2D eigenvalue weighted by atomic mass is 32.1. The van der Waals surface area contributed by atoms with Gasteiger partial charge in [0.25, 0.3) is 0 Å². The van der Waals surface area contributed by atoms with Crippen molar-refractivity contribution in [1.29, 1.82) is 0 Å². The summed E-state index contributed by atoms with van der Waals surface area (Å²) < 4.78 is 5.79. The topological polar surface area (TPSA) is 38.3 Å². The van der Waals surface area contributed by atoms with E-state index in [4.69, 9.17) is 4.74 Å². The predicted molar refractivity (Wildman–Crippen MR) is 90.5 cm³/mol. The average Bonchev–Trinajstić information content (AvgIpc) is 3.04. The number of hydrogen-bond donors (Lipinski definition) is 1. The van der Waals surface area contributed by atoms with Gasteiger partial charge in [0, 0.05) is 10.3 Å². The minimum absolute atomic E-state index is 0.0315. The molecule has 1 amide bonds. The lowest BCUT2D eigenvalue weighted by Crippen LogP contribution is -2.29. The maximum Gasteiger partial charge on any atom is 0.225 e. The van der Waals surface area contributed by atoms with E-state index >= 15 is 0 Å². The fourth-order valence-electron chi connectivity index (χ4n) is 2.31. The Morgan fingerprint density at radius 2 is 1.91 bits per heavy atom. The van der Waals surface area contributed by atoms with Crippen LogP contribution in [0, 0.1) is 0 Å². The van der Waals surface area contributed by atoms with Gasteiger partial charge in [-0.3, -0.25) is 4.79 Å². The number of rotatable bonds is 6. The molecule has 1 aromatic heterocycles. The van der Waals surface area contributed by atoms with Crippen molar-refractivity contribution in [2.45, 2.75) is 6.42 Å². The van der Waals surface area contributed by atoms with E-state index in [0.29, 0.717) is 19.6 Å². The van der Waals surface area contributed by atoms with Crippen molar-refractivity contribution in [2.75, 3.05) is 13.2 Å². The zero-order chi connectivity index (χ0) is 15.2. The molecule has 2 aromatic carbocycles. The molecule has 0 saturated heterocycles. The van der Waals surface area contributed by atoms with Crippen molar-refractivity contribution in [3.63, 3.8) is 0 Å². The number of amides is 1. The Kier molecular flexibility index (Phi) is 4.71. The second kappa shape index (κ2) is 7.09. The minimum atomic E-state index is 0.0315. The van der Waals surface area contributed by atoms with E-state index in [9.17, 15) is 4.79 Å². The third kappa shape index (κ3) is 3.65. The second-order valence-corrected chi connectivity index (χ2v) is 5.96. The number of benzene rings is 2. The molecule has 3 rings (SSSR count). The maximum absolute atomic E-state index is 11.8. The molecule has 1 N–H and O–H groups in total. The second-order valence-electron chi connectivity index (χ2n) is 4.93. The first-order valence-corrected chi connectivity index (χ1v) is 8.10. The summed E-state index contributed by atoms with van der Waals surface area (Å²) in [6.45, 7) is 0.970. The van der Waals surface area contributed by atoms with E-state index in [1.807, 2.05) is 47.8 Å². The van der Waals surface area contributed by atoms with Crippen LogP contribution in [-0.4, -0.2) is 19.1 Å². The van der Waals surface area contributed by atoms with Crippen LogP contribution >= 0.6 is 11.3 Å². The van der Waals surface area contributed by atoms with Crippen LogP contribution in [-0.2, 0) is 11.2 Å². The Morgan fingerprint density at radius 3 is 2.77 bits per heavy atom. The summed E-state index contributed by atoms with van der Waals surface area (Å²) in [5, 5.41) is 7.11. The van der Waals surface area contributed by atoms with Crippen molar-refractivity contribution < 1.29 is 9.53 Å². The summed E-state index contributed by atoms with van der Waals surface area (Å²) in [6.07, 6.45) is 0.436. The number of carbonyl (C=O) groups is 1. The first-order chi connectivity index (χ1) is 10.8. The van der Waals surface area contributed by atoms with Crippen LogP contribution in [0.4, 0.5) is 0 Å². The van der Waals surface area contributed by atoms with Gasteiger partial charge in [-0.2, -0.15) is 0 Å². The fourth-order valence-corrected chi connectivity index (χ4v) is 3.01. The van der Waals surface area contributed by atoms with Gasteiger partial charge in [0.15, 0.2) is 0 Å². The normalized spacial score (nSPS) is 10.5. The third-order valence-electron chi connectivity index (χ3n) is 3.35. The summed E-state index contributed by atoms with van der Waals surface area (Å²) in [4.78, 5) is 12.9. The van der Waals surface area contributed by atoms with E-state index < -0.39 is 0 Å². The lowest BCUT2D eigenvalue weighted by Gasteiger charge is -2.10. The molecular formula is C18H17NO2S. The quantitative estimate of drug-likeness (QED) is 0.706. The molecule has 0 aliphatic heterocycles. The van der Waals surface area contributed by atoms with E-state index in [2.05, 4.69) is 17.4 Å². The first-order valence-electron chi connectivity index (χ1n) is 7.22. The highest BCUT2D eigenvalue weighted by Crippen LogP contribution is 2.24. The largest absolute Gasteiger partial charge is 0.491 e. The highest BCUT2D eigenvalue weighted by Gasteiger charge is 2.04. The summed E-state index contributed by atoms with van der Waals surface area (Å²) in [5.41, 5.74) is 0. The lowest BCUT2D eigenvalue weighted by atomic mass is 10.1.